The van der Waals surface area contributed by atoms with Crippen LogP contribution < -0.4 is 10.4 Å². The maximum absolute atomic E-state index is 6.84. The summed E-state index contributed by atoms with van der Waals surface area (Å²) in [5, 5.41) is 2.62. The monoisotopic (exact) mass is 384 g/mol. The first-order valence-electron chi connectivity index (χ1n) is 9.83. The van der Waals surface area contributed by atoms with Gasteiger partial charge in [-0.15, -0.1) is 0 Å². The van der Waals surface area contributed by atoms with Gasteiger partial charge in [-0.05, 0) is 27.5 Å². The molecule has 0 atom stereocenters. The van der Waals surface area contributed by atoms with Crippen molar-refractivity contribution in [1.82, 2.24) is 0 Å². The summed E-state index contributed by atoms with van der Waals surface area (Å²) in [6.07, 6.45) is 0.722. The normalized spacial score (nSPS) is 11.5. The van der Waals surface area contributed by atoms with Crippen molar-refractivity contribution >= 4 is 18.7 Å². The zero-order valence-electron chi connectivity index (χ0n) is 17.0. The largest absolute Gasteiger partial charge is 0.406 e. The zero-order chi connectivity index (χ0) is 19.9. The van der Waals surface area contributed by atoms with Gasteiger partial charge < -0.3 is 4.43 Å². The summed E-state index contributed by atoms with van der Waals surface area (Å²) < 4.78 is 6.84. The van der Waals surface area contributed by atoms with Crippen LogP contribution in [0.3, 0.4) is 0 Å². The lowest BCUT2D eigenvalue weighted by Gasteiger charge is -2.43. The van der Waals surface area contributed by atoms with Gasteiger partial charge in [0.15, 0.2) is 0 Å². The predicted octanol–water partition coefficient (Wildman–Crippen LogP) is 5.00. The Kier molecular flexibility index (Phi) is 6.52. The van der Waals surface area contributed by atoms with Gasteiger partial charge in [-0.3, -0.25) is 0 Å². The van der Waals surface area contributed by atoms with Crippen LogP contribution in [0, 0.1) is 11.8 Å². The fourth-order valence-corrected chi connectivity index (χ4v) is 8.27. The van der Waals surface area contributed by atoms with E-state index in [0.717, 1.165) is 12.0 Å². The standard InChI is InChI=1S/C26H28OSi/c1-26(2,3)28(24-18-9-5-10-19-24,25-20-11-6-12-21-25)27-22-14-13-17-23-15-7-4-8-16-23/h4-12,15-16,18-21H,14,22H2,1-3H3. The molecule has 0 spiro atoms. The van der Waals surface area contributed by atoms with Crippen molar-refractivity contribution in [2.24, 2.45) is 0 Å². The van der Waals surface area contributed by atoms with Crippen molar-refractivity contribution in [2.45, 2.75) is 32.2 Å². The van der Waals surface area contributed by atoms with Gasteiger partial charge >= 0.3 is 0 Å². The highest BCUT2D eigenvalue weighted by atomic mass is 28.4. The molecule has 0 radical (unpaired) electrons. The van der Waals surface area contributed by atoms with E-state index in [9.17, 15) is 0 Å². The Morgan fingerprint density at radius 3 is 1.64 bits per heavy atom. The van der Waals surface area contributed by atoms with Crippen LogP contribution in [0.1, 0.15) is 32.8 Å². The van der Waals surface area contributed by atoms with Gasteiger partial charge in [-0.2, -0.15) is 0 Å². The Morgan fingerprint density at radius 1 is 0.714 bits per heavy atom. The molecular formula is C26H28OSi. The molecule has 0 unspecified atom stereocenters. The first-order chi connectivity index (χ1) is 13.5. The number of hydrogen-bond donors (Lipinski definition) is 0. The maximum atomic E-state index is 6.84. The lowest BCUT2D eigenvalue weighted by molar-refractivity contribution is 0.306. The van der Waals surface area contributed by atoms with Gasteiger partial charge in [0, 0.05) is 18.6 Å². The molecule has 0 aromatic heterocycles. The van der Waals surface area contributed by atoms with E-state index in [0.29, 0.717) is 6.61 Å². The van der Waals surface area contributed by atoms with Crippen LogP contribution in [-0.4, -0.2) is 14.9 Å². The lowest BCUT2D eigenvalue weighted by atomic mass is 10.2. The van der Waals surface area contributed by atoms with Crippen molar-refractivity contribution in [2.75, 3.05) is 6.61 Å². The summed E-state index contributed by atoms with van der Waals surface area (Å²) >= 11 is 0. The maximum Gasteiger partial charge on any atom is 0.261 e. The van der Waals surface area contributed by atoms with E-state index < -0.39 is 8.32 Å². The average molecular weight is 385 g/mol. The average Bonchev–Trinajstić information content (AvgIpc) is 2.72. The summed E-state index contributed by atoms with van der Waals surface area (Å²) in [5.41, 5.74) is 1.05. The minimum atomic E-state index is -2.45. The molecule has 0 bridgehead atoms. The van der Waals surface area contributed by atoms with Crippen LogP contribution in [-0.2, 0) is 4.43 Å². The van der Waals surface area contributed by atoms with E-state index >= 15 is 0 Å². The van der Waals surface area contributed by atoms with Crippen LogP contribution in [0.4, 0.5) is 0 Å². The third-order valence-electron chi connectivity index (χ3n) is 4.97. The van der Waals surface area contributed by atoms with E-state index in [2.05, 4.69) is 93.3 Å². The van der Waals surface area contributed by atoms with Crippen molar-refractivity contribution in [3.63, 3.8) is 0 Å². The topological polar surface area (TPSA) is 9.23 Å². The van der Waals surface area contributed by atoms with Crippen molar-refractivity contribution < 1.29 is 4.43 Å². The summed E-state index contributed by atoms with van der Waals surface area (Å²) in [6.45, 7) is 7.53. The predicted molar refractivity (Wildman–Crippen MR) is 122 cm³/mol. The molecule has 3 aromatic rings. The van der Waals surface area contributed by atoms with Crippen molar-refractivity contribution in [1.29, 1.82) is 0 Å². The Hall–Kier alpha value is -2.60. The summed E-state index contributed by atoms with van der Waals surface area (Å²) in [7, 11) is -2.45. The van der Waals surface area contributed by atoms with E-state index in [1.807, 2.05) is 30.3 Å². The molecule has 1 nitrogen and oxygen atoms in total. The Bertz CT molecular complexity index is 877. The molecule has 0 aliphatic rings. The molecular weight excluding hydrogens is 356 g/mol. The highest BCUT2D eigenvalue weighted by molar-refractivity contribution is 6.99. The van der Waals surface area contributed by atoms with Crippen LogP contribution in [0.15, 0.2) is 91.0 Å². The molecule has 3 aromatic carbocycles. The SMILES string of the molecule is CC(C)(C)[Si](OCCC#Cc1ccccc1)(c1ccccc1)c1ccccc1. The fourth-order valence-electron chi connectivity index (χ4n) is 3.70. The van der Waals surface area contributed by atoms with Gasteiger partial charge in [0.25, 0.3) is 8.32 Å². The van der Waals surface area contributed by atoms with Crippen LogP contribution in [0.25, 0.3) is 0 Å². The van der Waals surface area contributed by atoms with Crippen LogP contribution >= 0.6 is 0 Å². The van der Waals surface area contributed by atoms with Crippen LogP contribution in [0.2, 0.25) is 5.04 Å². The minimum absolute atomic E-state index is 0.00254. The van der Waals surface area contributed by atoms with Gasteiger partial charge in [0.05, 0.1) is 0 Å². The smallest absolute Gasteiger partial charge is 0.261 e. The van der Waals surface area contributed by atoms with Gasteiger partial charge in [0.2, 0.25) is 0 Å². The highest BCUT2D eigenvalue weighted by Gasteiger charge is 2.49. The molecule has 3 rings (SSSR count). The first kappa shape index (κ1) is 20.1. The molecule has 0 saturated heterocycles. The molecule has 0 N–H and O–H groups in total. The zero-order valence-corrected chi connectivity index (χ0v) is 18.0. The van der Waals surface area contributed by atoms with E-state index in [4.69, 9.17) is 4.43 Å². The second-order valence-electron chi connectivity index (χ2n) is 7.93. The lowest BCUT2D eigenvalue weighted by Crippen LogP contribution is -2.66. The van der Waals surface area contributed by atoms with E-state index in [-0.39, 0.29) is 5.04 Å². The third-order valence-corrected chi connectivity index (χ3v) is 10.0. The second kappa shape index (κ2) is 9.06. The van der Waals surface area contributed by atoms with Gasteiger partial charge in [-0.1, -0.05) is 111 Å². The molecule has 0 amide bonds. The summed E-state index contributed by atoms with van der Waals surface area (Å²) in [5.74, 6) is 6.51. The highest BCUT2D eigenvalue weighted by Crippen LogP contribution is 2.36. The quantitative estimate of drug-likeness (QED) is 0.341. The fraction of sp³-hybridized carbons (Fsp3) is 0.231. The molecule has 142 valence electrons. The molecule has 0 heterocycles. The van der Waals surface area contributed by atoms with Crippen molar-refractivity contribution in [3.05, 3.63) is 96.6 Å². The van der Waals surface area contributed by atoms with Crippen molar-refractivity contribution in [3.8, 4) is 11.8 Å². The molecule has 2 heteroatoms. The number of rotatable bonds is 5. The minimum Gasteiger partial charge on any atom is -0.406 e. The third kappa shape index (κ3) is 4.44. The summed E-state index contributed by atoms with van der Waals surface area (Å²) in [6, 6.07) is 31.6. The molecule has 0 aliphatic heterocycles. The Balaban J connectivity index is 1.90. The Morgan fingerprint density at radius 2 is 1.18 bits per heavy atom. The molecule has 0 saturated carbocycles. The molecule has 0 aliphatic carbocycles. The van der Waals surface area contributed by atoms with Gasteiger partial charge in [0.1, 0.15) is 0 Å². The summed E-state index contributed by atoms with van der Waals surface area (Å²) in [4.78, 5) is 0. The molecule has 28 heavy (non-hydrogen) atoms. The molecule has 0 fully saturated rings. The van der Waals surface area contributed by atoms with Crippen LogP contribution in [0.5, 0.6) is 0 Å². The van der Waals surface area contributed by atoms with E-state index in [1.54, 1.807) is 0 Å². The number of benzene rings is 3. The first-order valence-corrected chi connectivity index (χ1v) is 11.7. The van der Waals surface area contributed by atoms with Gasteiger partial charge in [-0.25, -0.2) is 0 Å². The second-order valence-corrected chi connectivity index (χ2v) is 12.2. The number of hydrogen-bond acceptors (Lipinski definition) is 1. The van der Waals surface area contributed by atoms with E-state index in [1.165, 1.54) is 10.4 Å². The Labute approximate surface area is 170 Å².